The Bertz CT molecular complexity index is 647. The summed E-state index contributed by atoms with van der Waals surface area (Å²) in [4.78, 5) is 10.7. The third kappa shape index (κ3) is 4.03. The molecule has 0 unspecified atom stereocenters. The molecule has 0 aliphatic heterocycles. The molecule has 0 spiro atoms. The lowest BCUT2D eigenvalue weighted by Crippen LogP contribution is -2.05. The van der Waals surface area contributed by atoms with E-state index >= 15 is 0 Å². The van der Waals surface area contributed by atoms with Gasteiger partial charge in [-0.15, -0.1) is 0 Å². The van der Waals surface area contributed by atoms with E-state index in [1.165, 1.54) is 6.07 Å². The number of ether oxygens (including phenoxy) is 1. The summed E-state index contributed by atoms with van der Waals surface area (Å²) in [5.74, 6) is 0. The third-order valence-corrected chi connectivity index (χ3v) is 3.52. The minimum Gasteiger partial charge on any atom is -0.380 e. The summed E-state index contributed by atoms with van der Waals surface area (Å²) in [5, 5.41) is 14.3. The fourth-order valence-corrected chi connectivity index (χ4v) is 2.37. The average Bonchev–Trinajstić information content (AvgIpc) is 2.47. The molecule has 5 nitrogen and oxygen atoms in total. The van der Waals surface area contributed by atoms with Gasteiger partial charge in [0.15, 0.2) is 0 Å². The van der Waals surface area contributed by atoms with Crippen molar-refractivity contribution in [1.82, 2.24) is 0 Å². The number of para-hydroxylation sites is 1. The minimum absolute atomic E-state index is 0.0982. The maximum Gasteiger partial charge on any atom is 0.275 e. The van der Waals surface area contributed by atoms with Crippen molar-refractivity contribution < 1.29 is 9.66 Å². The lowest BCUT2D eigenvalue weighted by atomic mass is 10.1. The molecule has 0 saturated heterocycles. The van der Waals surface area contributed by atoms with Crippen molar-refractivity contribution in [2.45, 2.75) is 13.2 Å². The second-order valence-corrected chi connectivity index (χ2v) is 5.39. The SMILES string of the molecule is COCc1ccccc1NCc1ccc(Br)cc1[N+](=O)[O-]. The van der Waals surface area contributed by atoms with E-state index in [1.54, 1.807) is 19.2 Å². The number of anilines is 1. The monoisotopic (exact) mass is 350 g/mol. The van der Waals surface area contributed by atoms with E-state index in [0.29, 0.717) is 23.2 Å². The molecule has 0 fully saturated rings. The first-order valence-electron chi connectivity index (χ1n) is 6.35. The van der Waals surface area contributed by atoms with Crippen LogP contribution in [0.1, 0.15) is 11.1 Å². The minimum atomic E-state index is -0.372. The lowest BCUT2D eigenvalue weighted by Gasteiger charge is -2.11. The highest BCUT2D eigenvalue weighted by Gasteiger charge is 2.14. The molecule has 0 aliphatic rings. The van der Waals surface area contributed by atoms with Gasteiger partial charge in [-0.2, -0.15) is 0 Å². The highest BCUT2D eigenvalue weighted by atomic mass is 79.9. The maximum absolute atomic E-state index is 11.1. The number of nitro benzene ring substituents is 1. The molecule has 0 aromatic heterocycles. The Labute approximate surface area is 131 Å². The molecule has 0 atom stereocenters. The standard InChI is InChI=1S/C15H15BrN2O3/c1-21-10-12-4-2-3-5-14(12)17-9-11-6-7-13(16)8-15(11)18(19)20/h2-8,17H,9-10H2,1H3. The molecule has 0 amide bonds. The summed E-state index contributed by atoms with van der Waals surface area (Å²) in [6, 6.07) is 12.8. The van der Waals surface area contributed by atoms with Crippen molar-refractivity contribution in [2.24, 2.45) is 0 Å². The van der Waals surface area contributed by atoms with Crippen LogP contribution in [-0.4, -0.2) is 12.0 Å². The molecule has 110 valence electrons. The van der Waals surface area contributed by atoms with Crippen LogP contribution in [0.15, 0.2) is 46.9 Å². The molecule has 0 aliphatic carbocycles. The van der Waals surface area contributed by atoms with Crippen LogP contribution in [0.25, 0.3) is 0 Å². The molecule has 6 heteroatoms. The molecular weight excluding hydrogens is 336 g/mol. The van der Waals surface area contributed by atoms with E-state index in [4.69, 9.17) is 4.74 Å². The summed E-state index contributed by atoms with van der Waals surface area (Å²) in [6.45, 7) is 0.871. The predicted octanol–water partition coefficient (Wildman–Crippen LogP) is 4.12. The summed E-state index contributed by atoms with van der Waals surface area (Å²) in [5.41, 5.74) is 2.66. The van der Waals surface area contributed by atoms with Crippen molar-refractivity contribution in [1.29, 1.82) is 0 Å². The summed E-state index contributed by atoms with van der Waals surface area (Å²) < 4.78 is 5.84. The Hall–Kier alpha value is -1.92. The van der Waals surface area contributed by atoms with Crippen LogP contribution >= 0.6 is 15.9 Å². The van der Waals surface area contributed by atoms with Crippen LogP contribution in [0.4, 0.5) is 11.4 Å². The number of hydrogen-bond acceptors (Lipinski definition) is 4. The lowest BCUT2D eigenvalue weighted by molar-refractivity contribution is -0.385. The Morgan fingerprint density at radius 2 is 2.00 bits per heavy atom. The zero-order chi connectivity index (χ0) is 15.2. The fourth-order valence-electron chi connectivity index (χ4n) is 2.02. The van der Waals surface area contributed by atoms with Crippen LogP contribution in [0, 0.1) is 10.1 Å². The molecule has 0 radical (unpaired) electrons. The van der Waals surface area contributed by atoms with Gasteiger partial charge in [-0.05, 0) is 18.2 Å². The van der Waals surface area contributed by atoms with E-state index in [2.05, 4.69) is 21.2 Å². The summed E-state index contributed by atoms with van der Waals surface area (Å²) in [7, 11) is 1.64. The number of halogens is 1. The van der Waals surface area contributed by atoms with E-state index in [9.17, 15) is 10.1 Å². The zero-order valence-electron chi connectivity index (χ0n) is 11.5. The molecule has 2 rings (SSSR count). The number of rotatable bonds is 6. The van der Waals surface area contributed by atoms with Gasteiger partial charge in [-0.1, -0.05) is 34.1 Å². The van der Waals surface area contributed by atoms with Gasteiger partial charge in [0.05, 0.1) is 11.5 Å². The summed E-state index contributed by atoms with van der Waals surface area (Å²) >= 11 is 3.25. The Morgan fingerprint density at radius 3 is 2.71 bits per heavy atom. The van der Waals surface area contributed by atoms with Crippen LogP contribution in [-0.2, 0) is 17.9 Å². The molecule has 0 saturated carbocycles. The van der Waals surface area contributed by atoms with E-state index in [0.717, 1.165) is 11.3 Å². The fraction of sp³-hybridized carbons (Fsp3) is 0.200. The van der Waals surface area contributed by atoms with Gasteiger partial charge in [0.2, 0.25) is 0 Å². The normalized spacial score (nSPS) is 10.4. The van der Waals surface area contributed by atoms with Gasteiger partial charge < -0.3 is 10.1 Å². The quantitative estimate of drug-likeness (QED) is 0.628. The van der Waals surface area contributed by atoms with Gasteiger partial charge >= 0.3 is 0 Å². The third-order valence-electron chi connectivity index (χ3n) is 3.03. The second-order valence-electron chi connectivity index (χ2n) is 4.47. The van der Waals surface area contributed by atoms with Crippen LogP contribution in [0.5, 0.6) is 0 Å². The van der Waals surface area contributed by atoms with Crippen molar-refractivity contribution in [3.63, 3.8) is 0 Å². The van der Waals surface area contributed by atoms with Gasteiger partial charge in [0.25, 0.3) is 5.69 Å². The molecule has 21 heavy (non-hydrogen) atoms. The van der Waals surface area contributed by atoms with Gasteiger partial charge in [0, 0.05) is 41.0 Å². The number of methoxy groups -OCH3 is 1. The van der Waals surface area contributed by atoms with E-state index in [-0.39, 0.29) is 10.6 Å². The van der Waals surface area contributed by atoms with Crippen molar-refractivity contribution in [3.8, 4) is 0 Å². The number of nitro groups is 1. The Kier molecular flexibility index (Phi) is 5.30. The molecule has 2 aromatic carbocycles. The smallest absolute Gasteiger partial charge is 0.275 e. The highest BCUT2D eigenvalue weighted by molar-refractivity contribution is 9.10. The first-order chi connectivity index (χ1) is 10.1. The van der Waals surface area contributed by atoms with Gasteiger partial charge in [0.1, 0.15) is 0 Å². The van der Waals surface area contributed by atoms with E-state index < -0.39 is 0 Å². The number of nitrogens with zero attached hydrogens (tertiary/aromatic N) is 1. The highest BCUT2D eigenvalue weighted by Crippen LogP contribution is 2.25. The largest absolute Gasteiger partial charge is 0.380 e. The van der Waals surface area contributed by atoms with Crippen molar-refractivity contribution in [3.05, 3.63) is 68.2 Å². The molecule has 0 heterocycles. The first kappa shape index (κ1) is 15.5. The number of hydrogen-bond donors (Lipinski definition) is 1. The average molecular weight is 351 g/mol. The zero-order valence-corrected chi connectivity index (χ0v) is 13.1. The topological polar surface area (TPSA) is 64.4 Å². The number of benzene rings is 2. The van der Waals surface area contributed by atoms with Crippen LogP contribution in [0.2, 0.25) is 0 Å². The molecular formula is C15H15BrN2O3. The maximum atomic E-state index is 11.1. The van der Waals surface area contributed by atoms with Crippen LogP contribution < -0.4 is 5.32 Å². The Balaban J connectivity index is 2.19. The van der Waals surface area contributed by atoms with Crippen molar-refractivity contribution >= 4 is 27.3 Å². The molecule has 2 aromatic rings. The molecule has 1 N–H and O–H groups in total. The van der Waals surface area contributed by atoms with Crippen LogP contribution in [0.3, 0.4) is 0 Å². The summed E-state index contributed by atoms with van der Waals surface area (Å²) in [6.07, 6.45) is 0. The first-order valence-corrected chi connectivity index (χ1v) is 7.14. The van der Waals surface area contributed by atoms with Gasteiger partial charge in [-0.3, -0.25) is 10.1 Å². The van der Waals surface area contributed by atoms with Crippen molar-refractivity contribution in [2.75, 3.05) is 12.4 Å². The van der Waals surface area contributed by atoms with E-state index in [1.807, 2.05) is 24.3 Å². The predicted molar refractivity (Wildman–Crippen MR) is 85.3 cm³/mol. The Morgan fingerprint density at radius 1 is 1.24 bits per heavy atom. The number of nitrogens with one attached hydrogen (secondary N) is 1. The second kappa shape index (κ2) is 7.19. The molecule has 0 bridgehead atoms. The van der Waals surface area contributed by atoms with Gasteiger partial charge in [-0.25, -0.2) is 0 Å².